The van der Waals surface area contributed by atoms with E-state index in [2.05, 4.69) is 111 Å². The largest absolute Gasteiger partial charge is 0.309 e. The molecule has 0 aromatic heterocycles. The number of hydrogen-bond acceptors (Lipinski definition) is 3. The minimum atomic E-state index is 1.10. The first-order valence-corrected chi connectivity index (χ1v) is 12.8. The Bertz CT molecular complexity index is 1120. The summed E-state index contributed by atoms with van der Waals surface area (Å²) in [5, 5.41) is 5.39. The van der Waals surface area contributed by atoms with Crippen molar-refractivity contribution in [2.45, 2.75) is 35.5 Å². The first kappa shape index (κ1) is 23.8. The molecule has 0 saturated heterocycles. The zero-order chi connectivity index (χ0) is 23.2. The lowest BCUT2D eigenvalue weighted by atomic mass is 10.0. The normalized spacial score (nSPS) is 11.8. The van der Waals surface area contributed by atoms with Gasteiger partial charge in [0.25, 0.3) is 0 Å². The van der Waals surface area contributed by atoms with E-state index in [0.29, 0.717) is 0 Å². The highest BCUT2D eigenvalue weighted by atomic mass is 32.2. The number of fused-ring (bicyclic) bond motifs is 2. The van der Waals surface area contributed by atoms with Crippen molar-refractivity contribution in [2.75, 3.05) is 41.3 Å². The molecule has 0 aliphatic rings. The highest BCUT2D eigenvalue weighted by Crippen LogP contribution is 2.42. The van der Waals surface area contributed by atoms with Gasteiger partial charge in [0.15, 0.2) is 0 Å². The number of nitrogens with zero attached hydrogens (tertiary/aromatic N) is 2. The molecular weight excluding hydrogens is 420 g/mol. The second kappa shape index (κ2) is 11.2. The van der Waals surface area contributed by atoms with E-state index in [-0.39, 0.29) is 0 Å². The Morgan fingerprint density at radius 2 is 0.970 bits per heavy atom. The zero-order valence-electron chi connectivity index (χ0n) is 20.5. The fourth-order valence-electron chi connectivity index (χ4n) is 4.48. The van der Waals surface area contributed by atoms with Gasteiger partial charge in [-0.3, -0.25) is 0 Å². The van der Waals surface area contributed by atoms with Gasteiger partial charge in [-0.1, -0.05) is 84.6 Å². The number of hydrogen-bond donors (Lipinski definition) is 0. The van der Waals surface area contributed by atoms with Crippen molar-refractivity contribution in [2.24, 2.45) is 0 Å². The topological polar surface area (TPSA) is 6.48 Å². The summed E-state index contributed by atoms with van der Waals surface area (Å²) in [4.78, 5) is 7.41. The van der Waals surface area contributed by atoms with E-state index in [1.54, 1.807) is 0 Å². The molecule has 0 aliphatic carbocycles. The summed E-state index contributed by atoms with van der Waals surface area (Å²) in [7, 11) is 8.64. The van der Waals surface area contributed by atoms with Gasteiger partial charge in [-0.2, -0.15) is 0 Å². The zero-order valence-corrected chi connectivity index (χ0v) is 21.3. The van der Waals surface area contributed by atoms with Crippen molar-refractivity contribution in [1.29, 1.82) is 0 Å². The average Bonchev–Trinajstić information content (AvgIpc) is 2.81. The maximum Gasteiger partial charge on any atom is 0.0233 e. The van der Waals surface area contributed by atoms with Gasteiger partial charge in [0.2, 0.25) is 0 Å². The van der Waals surface area contributed by atoms with Gasteiger partial charge in [0.05, 0.1) is 0 Å². The van der Waals surface area contributed by atoms with Gasteiger partial charge in [-0.15, -0.1) is 0 Å². The van der Waals surface area contributed by atoms with E-state index in [4.69, 9.17) is 0 Å². The first-order chi connectivity index (χ1) is 16.0. The Balaban J connectivity index is 1.78. The molecule has 0 atom stereocenters. The Hall–Kier alpha value is -2.33. The maximum atomic E-state index is 2.36. The molecule has 3 heteroatoms. The second-order valence-corrected chi connectivity index (χ2v) is 10.5. The third kappa shape index (κ3) is 5.97. The third-order valence-electron chi connectivity index (χ3n) is 6.23. The number of aryl methyl sites for hydroxylation is 2. The van der Waals surface area contributed by atoms with Gasteiger partial charge >= 0.3 is 0 Å². The molecule has 0 saturated carbocycles. The summed E-state index contributed by atoms with van der Waals surface area (Å²) in [6.07, 6.45) is 4.55. The van der Waals surface area contributed by atoms with Crippen molar-refractivity contribution in [3.05, 3.63) is 83.9 Å². The highest BCUT2D eigenvalue weighted by molar-refractivity contribution is 8.00. The molecule has 4 aromatic rings. The number of benzene rings is 4. The van der Waals surface area contributed by atoms with Crippen LogP contribution in [0, 0.1) is 0 Å². The van der Waals surface area contributed by atoms with Crippen molar-refractivity contribution in [1.82, 2.24) is 9.80 Å². The SMILES string of the molecule is CN(C)CCCc1ccc2ccccc2c1Sc1c(CCCN(C)C)ccc2ccccc12. The van der Waals surface area contributed by atoms with Crippen LogP contribution in [0.25, 0.3) is 21.5 Å². The molecule has 4 rings (SSSR count). The van der Waals surface area contributed by atoms with Crippen LogP contribution in [-0.2, 0) is 12.8 Å². The Labute approximate surface area is 203 Å². The van der Waals surface area contributed by atoms with Crippen molar-refractivity contribution >= 4 is 33.3 Å². The second-order valence-electron chi connectivity index (χ2n) is 9.47. The molecule has 0 N–H and O–H groups in total. The minimum Gasteiger partial charge on any atom is -0.309 e. The van der Waals surface area contributed by atoms with E-state index in [1.165, 1.54) is 55.3 Å². The molecule has 0 fully saturated rings. The van der Waals surface area contributed by atoms with Crippen LogP contribution in [0.1, 0.15) is 24.0 Å². The summed E-state index contributed by atoms with van der Waals surface area (Å²) in [5.74, 6) is 0. The molecule has 0 heterocycles. The first-order valence-electron chi connectivity index (χ1n) is 12.0. The summed E-state index contributed by atoms with van der Waals surface area (Å²) in [6, 6.07) is 27.0. The smallest absolute Gasteiger partial charge is 0.0233 e. The van der Waals surface area contributed by atoms with Crippen LogP contribution in [0.2, 0.25) is 0 Å². The van der Waals surface area contributed by atoms with Crippen LogP contribution < -0.4 is 0 Å². The lowest BCUT2D eigenvalue weighted by Gasteiger charge is -2.18. The van der Waals surface area contributed by atoms with Crippen LogP contribution in [0.5, 0.6) is 0 Å². The van der Waals surface area contributed by atoms with Crippen molar-refractivity contribution in [3.63, 3.8) is 0 Å². The molecule has 33 heavy (non-hydrogen) atoms. The summed E-state index contributed by atoms with van der Waals surface area (Å²) in [5.41, 5.74) is 2.93. The van der Waals surface area contributed by atoms with Crippen molar-refractivity contribution < 1.29 is 0 Å². The molecule has 4 aromatic carbocycles. The number of rotatable bonds is 10. The van der Waals surface area contributed by atoms with Crippen LogP contribution in [0.15, 0.2) is 82.6 Å². The third-order valence-corrected chi connectivity index (χ3v) is 7.60. The molecule has 0 amide bonds. The summed E-state index contributed by atoms with van der Waals surface area (Å²) < 4.78 is 0. The maximum absolute atomic E-state index is 2.36. The Morgan fingerprint density at radius 3 is 1.39 bits per heavy atom. The van der Waals surface area contributed by atoms with Crippen molar-refractivity contribution in [3.8, 4) is 0 Å². The van der Waals surface area contributed by atoms with E-state index >= 15 is 0 Å². The van der Waals surface area contributed by atoms with E-state index in [0.717, 1.165) is 25.9 Å². The summed E-state index contributed by atoms with van der Waals surface area (Å²) in [6.45, 7) is 2.22. The fourth-order valence-corrected chi connectivity index (χ4v) is 5.88. The van der Waals surface area contributed by atoms with E-state index in [9.17, 15) is 0 Å². The van der Waals surface area contributed by atoms with Gasteiger partial charge in [0, 0.05) is 9.79 Å². The molecule has 0 bridgehead atoms. The molecule has 172 valence electrons. The van der Waals surface area contributed by atoms with Gasteiger partial charge < -0.3 is 9.80 Å². The van der Waals surface area contributed by atoms with Gasteiger partial charge in [0.1, 0.15) is 0 Å². The average molecular weight is 457 g/mol. The summed E-state index contributed by atoms with van der Waals surface area (Å²) >= 11 is 1.99. The van der Waals surface area contributed by atoms with Gasteiger partial charge in [-0.25, -0.2) is 0 Å². The lowest BCUT2D eigenvalue weighted by molar-refractivity contribution is 0.400. The Kier molecular flexibility index (Phi) is 8.08. The minimum absolute atomic E-state index is 1.10. The van der Waals surface area contributed by atoms with Crippen LogP contribution in [0.4, 0.5) is 0 Å². The molecule has 2 nitrogen and oxygen atoms in total. The predicted octanol–water partition coefficient (Wildman–Crippen LogP) is 7.13. The fraction of sp³-hybridized carbons (Fsp3) is 0.333. The van der Waals surface area contributed by atoms with Gasteiger partial charge in [-0.05, 0) is 99.6 Å². The molecule has 0 radical (unpaired) electrons. The molecule has 0 spiro atoms. The predicted molar refractivity (Wildman–Crippen MR) is 146 cm³/mol. The molecule has 0 unspecified atom stereocenters. The highest BCUT2D eigenvalue weighted by Gasteiger charge is 2.15. The monoisotopic (exact) mass is 456 g/mol. The van der Waals surface area contributed by atoms with Crippen LogP contribution in [0.3, 0.4) is 0 Å². The molecular formula is C30H36N2S. The molecule has 0 aliphatic heterocycles. The Morgan fingerprint density at radius 1 is 0.545 bits per heavy atom. The lowest BCUT2D eigenvalue weighted by Crippen LogP contribution is -2.13. The van der Waals surface area contributed by atoms with Crippen LogP contribution >= 0.6 is 11.8 Å². The van der Waals surface area contributed by atoms with E-state index < -0.39 is 0 Å². The standard InChI is InChI=1S/C30H36N2S/c1-31(2)21-9-13-25-19-17-23-11-5-7-15-27(23)29(25)33-30-26(14-10-22-32(3)4)20-18-24-12-6-8-16-28(24)30/h5-8,11-12,15-20H,9-10,13-14,21-22H2,1-4H3. The van der Waals surface area contributed by atoms with Crippen LogP contribution in [-0.4, -0.2) is 51.1 Å². The van der Waals surface area contributed by atoms with E-state index in [1.807, 2.05) is 11.8 Å². The quantitative estimate of drug-likeness (QED) is 0.250.